The van der Waals surface area contributed by atoms with Crippen molar-refractivity contribution in [2.75, 3.05) is 19.8 Å². The summed E-state index contributed by atoms with van der Waals surface area (Å²) in [4.78, 5) is 12.7. The number of carbonyl (C=O) groups excluding carboxylic acids is 1. The van der Waals surface area contributed by atoms with Crippen LogP contribution in [0.4, 0.5) is 0 Å². The van der Waals surface area contributed by atoms with Gasteiger partial charge in [0.05, 0.1) is 0 Å². The van der Waals surface area contributed by atoms with Crippen LogP contribution in [0.15, 0.2) is 0 Å². The first-order chi connectivity index (χ1) is 9.22. The molecule has 3 fully saturated rings. The molecule has 108 valence electrons. The minimum Gasteiger partial charge on any atom is -0.396 e. The van der Waals surface area contributed by atoms with Crippen LogP contribution in [0.2, 0.25) is 0 Å². The summed E-state index contributed by atoms with van der Waals surface area (Å²) in [6, 6.07) is 0. The first kappa shape index (κ1) is 13.5. The SMILES string of the molecule is O=C1CC(CCCO)C[C@@]2(CCCO2)[C@@]12CCCO2. The van der Waals surface area contributed by atoms with Crippen LogP contribution in [0, 0.1) is 5.92 Å². The molecule has 0 amide bonds. The number of hydrogen-bond acceptors (Lipinski definition) is 4. The monoisotopic (exact) mass is 268 g/mol. The Kier molecular flexibility index (Phi) is 3.67. The molecule has 1 aliphatic carbocycles. The normalized spacial score (nSPS) is 42.6. The zero-order valence-corrected chi connectivity index (χ0v) is 11.5. The number of aliphatic hydroxyl groups is 1. The van der Waals surface area contributed by atoms with Crippen LogP contribution in [0.5, 0.6) is 0 Å². The fourth-order valence-corrected chi connectivity index (χ4v) is 4.36. The van der Waals surface area contributed by atoms with Crippen LogP contribution in [0.1, 0.15) is 51.4 Å². The number of ether oxygens (including phenoxy) is 2. The molecule has 19 heavy (non-hydrogen) atoms. The van der Waals surface area contributed by atoms with Crippen LogP contribution < -0.4 is 0 Å². The summed E-state index contributed by atoms with van der Waals surface area (Å²) < 4.78 is 12.1. The Morgan fingerprint density at radius 3 is 2.63 bits per heavy atom. The maximum Gasteiger partial charge on any atom is 0.167 e. The number of rotatable bonds is 3. The number of Topliss-reactive ketones (excluding diaryl/α,β-unsaturated/α-hetero) is 1. The molecular formula is C15H24O4. The molecule has 1 unspecified atom stereocenters. The van der Waals surface area contributed by atoms with Crippen LogP contribution >= 0.6 is 0 Å². The largest absolute Gasteiger partial charge is 0.396 e. The molecular weight excluding hydrogens is 244 g/mol. The van der Waals surface area contributed by atoms with Gasteiger partial charge in [0.1, 0.15) is 5.60 Å². The standard InChI is InChI=1S/C15H24O4/c16-7-1-4-12-10-13(17)15(6-3-9-19-15)14(11-12)5-2-8-18-14/h12,16H,1-11H2/t12?,14-,15+/m0/s1. The zero-order valence-electron chi connectivity index (χ0n) is 11.5. The van der Waals surface area contributed by atoms with E-state index in [0.29, 0.717) is 18.9 Å². The van der Waals surface area contributed by atoms with E-state index in [0.717, 1.165) is 51.6 Å². The molecule has 2 spiro atoms. The predicted octanol–water partition coefficient (Wildman–Crippen LogP) is 1.84. The Balaban J connectivity index is 1.84. The van der Waals surface area contributed by atoms with Gasteiger partial charge in [-0.1, -0.05) is 0 Å². The van der Waals surface area contributed by atoms with Crippen molar-refractivity contribution in [2.45, 2.75) is 62.6 Å². The lowest BCUT2D eigenvalue weighted by Crippen LogP contribution is -2.62. The topological polar surface area (TPSA) is 55.8 Å². The molecule has 0 aromatic heterocycles. The lowest BCUT2D eigenvalue weighted by Gasteiger charge is -2.49. The third kappa shape index (κ3) is 2.05. The van der Waals surface area contributed by atoms with Crippen LogP contribution in [-0.2, 0) is 14.3 Å². The summed E-state index contributed by atoms with van der Waals surface area (Å²) in [5, 5.41) is 8.98. The molecule has 3 aliphatic rings. The van der Waals surface area contributed by atoms with E-state index in [-0.39, 0.29) is 18.0 Å². The average molecular weight is 268 g/mol. The average Bonchev–Trinajstić information content (AvgIpc) is 3.04. The number of ketones is 1. The second kappa shape index (κ2) is 5.15. The fraction of sp³-hybridized carbons (Fsp3) is 0.933. The lowest BCUT2D eigenvalue weighted by molar-refractivity contribution is -0.198. The Hall–Kier alpha value is -0.450. The van der Waals surface area contributed by atoms with Gasteiger partial charge in [0.25, 0.3) is 0 Å². The molecule has 0 aromatic carbocycles. The molecule has 3 atom stereocenters. The Bertz CT molecular complexity index is 340. The van der Waals surface area contributed by atoms with E-state index in [9.17, 15) is 4.79 Å². The van der Waals surface area contributed by atoms with Crippen molar-refractivity contribution in [3.05, 3.63) is 0 Å². The summed E-state index contributed by atoms with van der Waals surface area (Å²) >= 11 is 0. The maximum absolute atomic E-state index is 12.7. The highest BCUT2D eigenvalue weighted by molar-refractivity contribution is 5.90. The quantitative estimate of drug-likeness (QED) is 0.848. The predicted molar refractivity (Wildman–Crippen MR) is 69.9 cm³/mol. The van der Waals surface area contributed by atoms with Gasteiger partial charge < -0.3 is 14.6 Å². The second-order valence-corrected chi connectivity index (χ2v) is 6.29. The summed E-state index contributed by atoms with van der Waals surface area (Å²) in [7, 11) is 0. The van der Waals surface area contributed by atoms with E-state index in [1.807, 2.05) is 0 Å². The minimum atomic E-state index is -0.640. The van der Waals surface area contributed by atoms with Gasteiger partial charge >= 0.3 is 0 Å². The number of carbonyl (C=O) groups is 1. The molecule has 3 rings (SSSR count). The van der Waals surface area contributed by atoms with E-state index in [2.05, 4.69) is 0 Å². The van der Waals surface area contributed by atoms with Gasteiger partial charge in [0.2, 0.25) is 0 Å². The molecule has 2 saturated heterocycles. The molecule has 0 aromatic rings. The Labute approximate surface area is 114 Å². The Morgan fingerprint density at radius 2 is 2.00 bits per heavy atom. The Morgan fingerprint density at radius 1 is 1.21 bits per heavy atom. The highest BCUT2D eigenvalue weighted by Crippen LogP contribution is 2.53. The van der Waals surface area contributed by atoms with Gasteiger partial charge in [-0.15, -0.1) is 0 Å². The molecule has 2 heterocycles. The molecule has 4 nitrogen and oxygen atoms in total. The second-order valence-electron chi connectivity index (χ2n) is 6.29. The third-order valence-electron chi connectivity index (χ3n) is 5.17. The number of fused-ring (bicyclic) bond motifs is 1. The van der Waals surface area contributed by atoms with Crippen molar-refractivity contribution < 1.29 is 19.4 Å². The van der Waals surface area contributed by atoms with Gasteiger partial charge in [-0.25, -0.2) is 0 Å². The van der Waals surface area contributed by atoms with Gasteiger partial charge in [0, 0.05) is 26.2 Å². The molecule has 0 bridgehead atoms. The molecule has 1 N–H and O–H groups in total. The molecule has 2 aliphatic heterocycles. The number of aliphatic hydroxyl groups excluding tert-OH is 1. The van der Waals surface area contributed by atoms with Gasteiger partial charge in [-0.2, -0.15) is 0 Å². The summed E-state index contributed by atoms with van der Waals surface area (Å²) in [6.07, 6.45) is 7.02. The number of hydrogen-bond donors (Lipinski definition) is 1. The van der Waals surface area contributed by atoms with Crippen LogP contribution in [-0.4, -0.2) is 41.9 Å². The highest BCUT2D eigenvalue weighted by Gasteiger charge is 2.63. The van der Waals surface area contributed by atoms with Crippen molar-refractivity contribution in [1.82, 2.24) is 0 Å². The fourth-order valence-electron chi connectivity index (χ4n) is 4.36. The summed E-state index contributed by atoms with van der Waals surface area (Å²) in [5.41, 5.74) is -1.00. The van der Waals surface area contributed by atoms with Crippen molar-refractivity contribution >= 4 is 5.78 Å². The van der Waals surface area contributed by atoms with E-state index < -0.39 is 5.60 Å². The first-order valence-electron chi connectivity index (χ1n) is 7.64. The zero-order chi connectivity index (χ0) is 13.3. The van der Waals surface area contributed by atoms with Crippen molar-refractivity contribution in [2.24, 2.45) is 5.92 Å². The van der Waals surface area contributed by atoms with E-state index in [1.54, 1.807) is 0 Å². The summed E-state index contributed by atoms with van der Waals surface area (Å²) in [6.45, 7) is 1.66. The van der Waals surface area contributed by atoms with Crippen molar-refractivity contribution in [3.63, 3.8) is 0 Å². The smallest absolute Gasteiger partial charge is 0.167 e. The molecule has 1 saturated carbocycles. The van der Waals surface area contributed by atoms with Gasteiger partial charge in [0.15, 0.2) is 11.4 Å². The van der Waals surface area contributed by atoms with Crippen LogP contribution in [0.3, 0.4) is 0 Å². The van der Waals surface area contributed by atoms with Gasteiger partial charge in [-0.05, 0) is 50.9 Å². The third-order valence-corrected chi connectivity index (χ3v) is 5.17. The summed E-state index contributed by atoms with van der Waals surface area (Å²) in [5.74, 6) is 0.605. The van der Waals surface area contributed by atoms with E-state index >= 15 is 0 Å². The van der Waals surface area contributed by atoms with E-state index in [4.69, 9.17) is 14.6 Å². The van der Waals surface area contributed by atoms with Crippen molar-refractivity contribution in [1.29, 1.82) is 0 Å². The molecule has 4 heteroatoms. The first-order valence-corrected chi connectivity index (χ1v) is 7.64. The lowest BCUT2D eigenvalue weighted by atomic mass is 9.64. The highest BCUT2D eigenvalue weighted by atomic mass is 16.6. The van der Waals surface area contributed by atoms with E-state index in [1.165, 1.54) is 0 Å². The maximum atomic E-state index is 12.7. The van der Waals surface area contributed by atoms with Crippen molar-refractivity contribution in [3.8, 4) is 0 Å². The molecule has 0 radical (unpaired) electrons. The minimum absolute atomic E-state index is 0.209. The van der Waals surface area contributed by atoms with Crippen LogP contribution in [0.25, 0.3) is 0 Å². The van der Waals surface area contributed by atoms with Gasteiger partial charge in [-0.3, -0.25) is 4.79 Å².